The monoisotopic (exact) mass is 408 g/mol. The number of carbonyl (C=O) groups excluding carboxylic acids is 3. The first-order valence-corrected chi connectivity index (χ1v) is 10.1. The third-order valence-electron chi connectivity index (χ3n) is 5.13. The number of hydrogen-bond acceptors (Lipinski definition) is 5. The molecule has 4 amide bonds. The number of piperidine rings is 1. The number of urea groups is 1. The van der Waals surface area contributed by atoms with Crippen LogP contribution in [0.4, 0.5) is 16.4 Å². The van der Waals surface area contributed by atoms with Crippen LogP contribution in [0.2, 0.25) is 0 Å². The van der Waals surface area contributed by atoms with Crippen LogP contribution in [0.1, 0.15) is 30.6 Å². The summed E-state index contributed by atoms with van der Waals surface area (Å²) in [5.74, 6) is 0.226. The third kappa shape index (κ3) is 4.37. The Balaban J connectivity index is 1.41. The van der Waals surface area contributed by atoms with E-state index < -0.39 is 17.8 Å². The van der Waals surface area contributed by atoms with Crippen molar-refractivity contribution in [3.05, 3.63) is 53.4 Å². The fraction of sp³-hybridized carbons (Fsp3) is 0.318. The lowest BCUT2D eigenvalue weighted by Gasteiger charge is -2.25. The predicted octanol–water partition coefficient (Wildman–Crippen LogP) is 3.11. The molecule has 8 heteroatoms. The van der Waals surface area contributed by atoms with Gasteiger partial charge in [-0.05, 0) is 49.9 Å². The third-order valence-corrected chi connectivity index (χ3v) is 5.13. The molecule has 3 heterocycles. The smallest absolute Gasteiger partial charge is 0.329 e. The highest BCUT2D eigenvalue weighted by atomic mass is 16.4. The van der Waals surface area contributed by atoms with E-state index in [2.05, 4.69) is 15.5 Å². The molecular weight excluding hydrogens is 384 g/mol. The molecule has 1 aromatic carbocycles. The van der Waals surface area contributed by atoms with Gasteiger partial charge in [0.05, 0.1) is 0 Å². The highest BCUT2D eigenvalue weighted by molar-refractivity contribution is 6.15. The molecule has 0 spiro atoms. The van der Waals surface area contributed by atoms with Gasteiger partial charge in [0.25, 0.3) is 5.91 Å². The molecule has 8 nitrogen and oxygen atoms in total. The average Bonchev–Trinajstić information content (AvgIpc) is 3.29. The highest BCUT2D eigenvalue weighted by Gasteiger charge is 2.35. The van der Waals surface area contributed by atoms with Crippen LogP contribution in [0.25, 0.3) is 6.08 Å². The van der Waals surface area contributed by atoms with Crippen molar-refractivity contribution < 1.29 is 18.8 Å². The number of furan rings is 1. The Morgan fingerprint density at radius 2 is 1.97 bits per heavy atom. The van der Waals surface area contributed by atoms with Crippen molar-refractivity contribution in [1.29, 1.82) is 0 Å². The van der Waals surface area contributed by atoms with Gasteiger partial charge in [0.15, 0.2) is 5.88 Å². The van der Waals surface area contributed by atoms with Gasteiger partial charge in [-0.3, -0.25) is 9.59 Å². The van der Waals surface area contributed by atoms with E-state index in [-0.39, 0.29) is 12.2 Å². The lowest BCUT2D eigenvalue weighted by atomic mass is 10.1. The van der Waals surface area contributed by atoms with E-state index in [1.165, 1.54) is 12.5 Å². The molecule has 2 aromatic rings. The Labute approximate surface area is 174 Å². The largest absolute Gasteiger partial charge is 0.441 e. The first-order valence-electron chi connectivity index (χ1n) is 10.1. The van der Waals surface area contributed by atoms with Gasteiger partial charge in [-0.1, -0.05) is 12.1 Å². The minimum absolute atomic E-state index is 0.0860. The van der Waals surface area contributed by atoms with Gasteiger partial charge >= 0.3 is 6.03 Å². The van der Waals surface area contributed by atoms with Gasteiger partial charge < -0.3 is 20.0 Å². The normalized spacial score (nSPS) is 18.1. The molecule has 0 aliphatic carbocycles. The molecule has 0 atom stereocenters. The van der Waals surface area contributed by atoms with E-state index in [4.69, 9.17) is 4.42 Å². The first kappa shape index (κ1) is 19.8. The quantitative estimate of drug-likeness (QED) is 0.586. The molecule has 2 saturated heterocycles. The molecule has 0 bridgehead atoms. The molecule has 2 aliphatic rings. The zero-order chi connectivity index (χ0) is 21.1. The summed E-state index contributed by atoms with van der Waals surface area (Å²) in [5.41, 5.74) is 1.70. The van der Waals surface area contributed by atoms with E-state index in [0.717, 1.165) is 42.3 Å². The van der Waals surface area contributed by atoms with Crippen LogP contribution in [0.3, 0.4) is 0 Å². The summed E-state index contributed by atoms with van der Waals surface area (Å²) in [6.07, 6.45) is 4.98. The lowest BCUT2D eigenvalue weighted by molar-refractivity contribution is -0.127. The number of anilines is 2. The van der Waals surface area contributed by atoms with Crippen molar-refractivity contribution in [2.45, 2.75) is 26.2 Å². The molecule has 2 fully saturated rings. The number of carbonyl (C=O) groups is 3. The zero-order valence-electron chi connectivity index (χ0n) is 16.8. The number of nitrogens with zero attached hydrogens (tertiary/aromatic N) is 2. The predicted molar refractivity (Wildman–Crippen MR) is 113 cm³/mol. The number of rotatable bonds is 5. The molecule has 0 radical (unpaired) electrons. The SMILES string of the molecule is Cc1cccc(NC(=O)CN2C(=O)N/C(=C/c3ccc(N4CCCCC4)o3)C2=O)c1. The van der Waals surface area contributed by atoms with Crippen molar-refractivity contribution in [1.82, 2.24) is 10.2 Å². The summed E-state index contributed by atoms with van der Waals surface area (Å²) in [6, 6.07) is 10.3. The number of benzene rings is 1. The van der Waals surface area contributed by atoms with Crippen molar-refractivity contribution in [3.8, 4) is 0 Å². The van der Waals surface area contributed by atoms with Crippen molar-refractivity contribution in [3.63, 3.8) is 0 Å². The minimum atomic E-state index is -0.631. The van der Waals surface area contributed by atoms with Crippen LogP contribution in [0, 0.1) is 6.92 Å². The van der Waals surface area contributed by atoms with E-state index in [0.29, 0.717) is 11.4 Å². The standard InChI is InChI=1S/C22H24N4O4/c1-15-6-5-7-16(12-15)23-19(27)14-26-21(28)18(24-22(26)29)13-17-8-9-20(30-17)25-10-3-2-4-11-25/h5-9,12-13H,2-4,10-11,14H2,1H3,(H,23,27)(H,24,29)/b18-13+. The number of nitrogens with one attached hydrogen (secondary N) is 2. The fourth-order valence-corrected chi connectivity index (χ4v) is 3.63. The molecule has 2 N–H and O–H groups in total. The summed E-state index contributed by atoms with van der Waals surface area (Å²) < 4.78 is 5.82. The molecule has 4 rings (SSSR count). The van der Waals surface area contributed by atoms with Crippen molar-refractivity contribution in [2.24, 2.45) is 0 Å². The summed E-state index contributed by atoms with van der Waals surface area (Å²) >= 11 is 0. The van der Waals surface area contributed by atoms with E-state index in [1.54, 1.807) is 12.1 Å². The molecule has 0 saturated carbocycles. The van der Waals surface area contributed by atoms with Crippen molar-refractivity contribution in [2.75, 3.05) is 29.9 Å². The van der Waals surface area contributed by atoms with E-state index in [9.17, 15) is 14.4 Å². The zero-order valence-corrected chi connectivity index (χ0v) is 16.8. The second kappa shape index (κ2) is 8.44. The van der Waals surface area contributed by atoms with Crippen LogP contribution in [-0.4, -0.2) is 42.4 Å². The van der Waals surface area contributed by atoms with E-state index in [1.807, 2.05) is 31.2 Å². The highest BCUT2D eigenvalue weighted by Crippen LogP contribution is 2.24. The Morgan fingerprint density at radius 1 is 1.17 bits per heavy atom. The Bertz CT molecular complexity index is 1000. The van der Waals surface area contributed by atoms with E-state index >= 15 is 0 Å². The van der Waals surface area contributed by atoms with Crippen LogP contribution < -0.4 is 15.5 Å². The summed E-state index contributed by atoms with van der Waals surface area (Å²) in [5, 5.41) is 5.21. The maximum atomic E-state index is 12.6. The maximum Gasteiger partial charge on any atom is 0.329 e. The average molecular weight is 408 g/mol. The van der Waals surface area contributed by atoms with Crippen LogP contribution in [0.15, 0.2) is 46.5 Å². The Hall–Kier alpha value is -3.55. The Kier molecular flexibility index (Phi) is 5.56. The lowest BCUT2D eigenvalue weighted by Crippen LogP contribution is -2.38. The molecule has 1 aromatic heterocycles. The van der Waals surface area contributed by atoms with Gasteiger partial charge in [0, 0.05) is 30.9 Å². The van der Waals surface area contributed by atoms with Gasteiger partial charge in [0.1, 0.15) is 18.0 Å². The van der Waals surface area contributed by atoms with Crippen LogP contribution >= 0.6 is 0 Å². The van der Waals surface area contributed by atoms with Crippen LogP contribution in [0.5, 0.6) is 0 Å². The van der Waals surface area contributed by atoms with Gasteiger partial charge in [-0.2, -0.15) is 0 Å². The second-order valence-corrected chi connectivity index (χ2v) is 7.52. The molecule has 30 heavy (non-hydrogen) atoms. The minimum Gasteiger partial charge on any atom is -0.441 e. The first-order chi connectivity index (χ1) is 14.5. The van der Waals surface area contributed by atoms with Gasteiger partial charge in [-0.15, -0.1) is 0 Å². The second-order valence-electron chi connectivity index (χ2n) is 7.52. The molecular formula is C22H24N4O4. The summed E-state index contributed by atoms with van der Waals surface area (Å²) in [7, 11) is 0. The van der Waals surface area contributed by atoms with Gasteiger partial charge in [-0.25, -0.2) is 9.69 Å². The maximum absolute atomic E-state index is 12.6. The molecule has 0 unspecified atom stereocenters. The Morgan fingerprint density at radius 3 is 2.73 bits per heavy atom. The van der Waals surface area contributed by atoms with Crippen LogP contribution in [-0.2, 0) is 9.59 Å². The summed E-state index contributed by atoms with van der Waals surface area (Å²) in [4.78, 5) is 40.2. The number of amides is 4. The molecule has 156 valence electrons. The topological polar surface area (TPSA) is 94.9 Å². The molecule has 2 aliphatic heterocycles. The van der Waals surface area contributed by atoms with Crippen molar-refractivity contribution >= 4 is 35.5 Å². The summed E-state index contributed by atoms with van der Waals surface area (Å²) in [6.45, 7) is 3.44. The number of hydrogen-bond donors (Lipinski definition) is 2. The number of imide groups is 1. The fourth-order valence-electron chi connectivity index (χ4n) is 3.63. The number of aryl methyl sites for hydroxylation is 1. The van der Waals surface area contributed by atoms with Gasteiger partial charge in [0.2, 0.25) is 5.91 Å².